The fourth-order valence-electron chi connectivity index (χ4n) is 0.708. The van der Waals surface area contributed by atoms with Gasteiger partial charge in [0, 0.05) is 0 Å². The van der Waals surface area contributed by atoms with Gasteiger partial charge >= 0.3 is 0 Å². The number of benzene rings is 1. The molecule has 0 fully saturated rings. The van der Waals surface area contributed by atoms with Gasteiger partial charge in [-0.1, -0.05) is 36.3 Å². The van der Waals surface area contributed by atoms with Gasteiger partial charge in [-0.05, 0) is 17.7 Å². The van der Waals surface area contributed by atoms with E-state index in [0.29, 0.717) is 0 Å². The van der Waals surface area contributed by atoms with Crippen LogP contribution in [-0.2, 0) is 0 Å². The highest BCUT2D eigenvalue weighted by atomic mass is 13.8. The minimum absolute atomic E-state index is 1.14. The maximum absolute atomic E-state index is 5.04. The Balaban J connectivity index is 2.79. The largest absolute Gasteiger partial charge is 0.115 e. The van der Waals surface area contributed by atoms with Gasteiger partial charge in [0.05, 0.1) is 0 Å². The predicted octanol–water partition coefficient (Wildman–Crippen LogP) is 2.33. The van der Waals surface area contributed by atoms with E-state index in [-0.39, 0.29) is 0 Å². The van der Waals surface area contributed by atoms with Crippen LogP contribution < -0.4 is 0 Å². The van der Waals surface area contributed by atoms with Crippen molar-refractivity contribution in [1.82, 2.24) is 0 Å². The van der Waals surface area contributed by atoms with Crippen LogP contribution >= 0.6 is 0 Å². The van der Waals surface area contributed by atoms with E-state index in [2.05, 4.69) is 5.92 Å². The SMILES string of the molecule is C#CC=Cc1ccccc1. The lowest BCUT2D eigenvalue weighted by atomic mass is 10.2. The molecule has 0 aliphatic rings. The summed E-state index contributed by atoms with van der Waals surface area (Å²) in [7, 11) is 0. The molecule has 1 rings (SSSR count). The molecule has 0 unspecified atom stereocenters. The molecule has 0 amide bonds. The average Bonchev–Trinajstić information content (AvgIpc) is 2.03. The van der Waals surface area contributed by atoms with Crippen molar-refractivity contribution in [3.8, 4) is 12.3 Å². The summed E-state index contributed by atoms with van der Waals surface area (Å²) in [6.45, 7) is 0. The van der Waals surface area contributed by atoms with Gasteiger partial charge in [0.2, 0.25) is 0 Å². The Morgan fingerprint density at radius 1 is 1.20 bits per heavy atom. The summed E-state index contributed by atoms with van der Waals surface area (Å²) in [5, 5.41) is 0. The number of terminal acetylenes is 1. The Bertz CT molecular complexity index is 249. The standard InChI is InChI=1S/C10H8/c1-2-3-7-10-8-5-4-6-9-10/h1,3-9H. The molecular formula is C10H8. The van der Waals surface area contributed by atoms with Crippen molar-refractivity contribution < 1.29 is 0 Å². The van der Waals surface area contributed by atoms with Gasteiger partial charge in [-0.3, -0.25) is 0 Å². The number of hydrogen-bond donors (Lipinski definition) is 0. The second-order valence-corrected chi connectivity index (χ2v) is 1.91. The van der Waals surface area contributed by atoms with E-state index >= 15 is 0 Å². The van der Waals surface area contributed by atoms with Crippen LogP contribution in [0.15, 0.2) is 36.4 Å². The molecule has 1 aromatic rings. The smallest absolute Gasteiger partial charge is 0.0116 e. The van der Waals surface area contributed by atoms with Crippen LogP contribution in [0, 0.1) is 12.3 Å². The molecule has 0 N–H and O–H groups in total. The Morgan fingerprint density at radius 2 is 1.90 bits per heavy atom. The molecule has 0 aliphatic carbocycles. The first kappa shape index (κ1) is 6.64. The average molecular weight is 128 g/mol. The van der Waals surface area contributed by atoms with Gasteiger partial charge in [0.25, 0.3) is 0 Å². The van der Waals surface area contributed by atoms with E-state index in [1.165, 1.54) is 0 Å². The Labute approximate surface area is 61.2 Å². The van der Waals surface area contributed by atoms with Crippen molar-refractivity contribution in [1.29, 1.82) is 0 Å². The summed E-state index contributed by atoms with van der Waals surface area (Å²) < 4.78 is 0. The van der Waals surface area contributed by atoms with Gasteiger partial charge < -0.3 is 0 Å². The molecule has 0 bridgehead atoms. The maximum Gasteiger partial charge on any atom is -0.0116 e. The van der Waals surface area contributed by atoms with Crippen molar-refractivity contribution in [2.24, 2.45) is 0 Å². The van der Waals surface area contributed by atoms with E-state index in [0.717, 1.165) is 5.56 Å². The van der Waals surface area contributed by atoms with Crippen molar-refractivity contribution >= 4 is 6.08 Å². The molecule has 0 atom stereocenters. The van der Waals surface area contributed by atoms with E-state index in [1.54, 1.807) is 6.08 Å². The summed E-state index contributed by atoms with van der Waals surface area (Å²) in [6.07, 6.45) is 8.63. The van der Waals surface area contributed by atoms with Gasteiger partial charge in [0.1, 0.15) is 0 Å². The molecule has 10 heavy (non-hydrogen) atoms. The van der Waals surface area contributed by atoms with Crippen LogP contribution in [0.5, 0.6) is 0 Å². The zero-order valence-electron chi connectivity index (χ0n) is 5.62. The van der Waals surface area contributed by atoms with E-state index in [4.69, 9.17) is 6.42 Å². The Morgan fingerprint density at radius 3 is 2.50 bits per heavy atom. The lowest BCUT2D eigenvalue weighted by Crippen LogP contribution is -1.65. The fourth-order valence-corrected chi connectivity index (χ4v) is 0.708. The molecule has 48 valence electrons. The molecule has 0 saturated heterocycles. The lowest BCUT2D eigenvalue weighted by molar-refractivity contribution is 1.66. The monoisotopic (exact) mass is 128 g/mol. The number of rotatable bonds is 1. The summed E-state index contributed by atoms with van der Waals surface area (Å²) in [5.74, 6) is 2.44. The van der Waals surface area contributed by atoms with Crippen molar-refractivity contribution in [3.63, 3.8) is 0 Å². The zero-order chi connectivity index (χ0) is 7.23. The highest BCUT2D eigenvalue weighted by Crippen LogP contribution is 1.99. The van der Waals surface area contributed by atoms with Crippen molar-refractivity contribution in [2.45, 2.75) is 0 Å². The topological polar surface area (TPSA) is 0 Å². The maximum atomic E-state index is 5.04. The van der Waals surface area contributed by atoms with Crippen LogP contribution in [-0.4, -0.2) is 0 Å². The Hall–Kier alpha value is -1.48. The number of allylic oxidation sites excluding steroid dienone is 1. The third kappa shape index (κ3) is 1.80. The first-order valence-electron chi connectivity index (χ1n) is 3.11. The van der Waals surface area contributed by atoms with Gasteiger partial charge in [-0.15, -0.1) is 6.42 Å². The van der Waals surface area contributed by atoms with Gasteiger partial charge in [0.15, 0.2) is 0 Å². The zero-order valence-corrected chi connectivity index (χ0v) is 5.62. The van der Waals surface area contributed by atoms with Gasteiger partial charge in [-0.25, -0.2) is 0 Å². The predicted molar refractivity (Wildman–Crippen MR) is 44.3 cm³/mol. The van der Waals surface area contributed by atoms with Crippen LogP contribution in [0.3, 0.4) is 0 Å². The minimum Gasteiger partial charge on any atom is -0.115 e. The molecule has 0 radical (unpaired) electrons. The molecule has 1 aromatic carbocycles. The molecule has 0 heteroatoms. The Kier molecular flexibility index (Phi) is 2.34. The molecule has 0 nitrogen and oxygen atoms in total. The lowest BCUT2D eigenvalue weighted by Gasteiger charge is -1.86. The van der Waals surface area contributed by atoms with Crippen LogP contribution in [0.2, 0.25) is 0 Å². The molecule has 0 aliphatic heterocycles. The molecule has 0 heterocycles. The summed E-state index contributed by atoms with van der Waals surface area (Å²) in [4.78, 5) is 0. The van der Waals surface area contributed by atoms with E-state index in [9.17, 15) is 0 Å². The summed E-state index contributed by atoms with van der Waals surface area (Å²) >= 11 is 0. The van der Waals surface area contributed by atoms with Gasteiger partial charge in [-0.2, -0.15) is 0 Å². The second-order valence-electron chi connectivity index (χ2n) is 1.91. The normalized spacial score (nSPS) is 9.50. The fraction of sp³-hybridized carbons (Fsp3) is 0. The minimum atomic E-state index is 1.14. The summed E-state index contributed by atoms with van der Waals surface area (Å²) in [6, 6.07) is 9.96. The van der Waals surface area contributed by atoms with Crippen LogP contribution in [0.4, 0.5) is 0 Å². The summed E-state index contributed by atoms with van der Waals surface area (Å²) in [5.41, 5.74) is 1.14. The first-order chi connectivity index (χ1) is 4.93. The molecule has 0 spiro atoms. The number of hydrogen-bond acceptors (Lipinski definition) is 0. The third-order valence-electron chi connectivity index (χ3n) is 1.17. The highest BCUT2D eigenvalue weighted by Gasteiger charge is 1.78. The third-order valence-corrected chi connectivity index (χ3v) is 1.17. The quantitative estimate of drug-likeness (QED) is 0.509. The van der Waals surface area contributed by atoms with Crippen LogP contribution in [0.1, 0.15) is 5.56 Å². The van der Waals surface area contributed by atoms with Crippen LogP contribution in [0.25, 0.3) is 6.08 Å². The van der Waals surface area contributed by atoms with Crippen molar-refractivity contribution in [3.05, 3.63) is 42.0 Å². The second kappa shape index (κ2) is 3.53. The molecular weight excluding hydrogens is 120 g/mol. The van der Waals surface area contributed by atoms with E-state index < -0.39 is 0 Å². The molecule has 0 aromatic heterocycles. The van der Waals surface area contributed by atoms with E-state index in [1.807, 2.05) is 36.4 Å². The molecule has 0 saturated carbocycles. The van der Waals surface area contributed by atoms with Crippen molar-refractivity contribution in [2.75, 3.05) is 0 Å². The first-order valence-corrected chi connectivity index (χ1v) is 3.11. The highest BCUT2D eigenvalue weighted by molar-refractivity contribution is 5.51.